The van der Waals surface area contributed by atoms with E-state index in [-0.39, 0.29) is 35.7 Å². The van der Waals surface area contributed by atoms with E-state index in [2.05, 4.69) is 0 Å². The normalized spacial score (nSPS) is 29.7. The maximum atomic E-state index is 12.8. The van der Waals surface area contributed by atoms with Crippen LogP contribution in [-0.2, 0) is 14.4 Å². The van der Waals surface area contributed by atoms with Crippen molar-refractivity contribution < 1.29 is 14.4 Å². The zero-order valence-corrected chi connectivity index (χ0v) is 14.9. The number of nitrogens with zero attached hydrogens (tertiary/aromatic N) is 2. The van der Waals surface area contributed by atoms with Crippen LogP contribution in [0.2, 0.25) is 0 Å². The van der Waals surface area contributed by atoms with Gasteiger partial charge in [0, 0.05) is 38.0 Å². The average Bonchev–Trinajstić information content (AvgIpc) is 2.58. The summed E-state index contributed by atoms with van der Waals surface area (Å²) in [5, 5.41) is 0. The Morgan fingerprint density at radius 1 is 1.16 bits per heavy atom. The molecule has 0 aromatic rings. The van der Waals surface area contributed by atoms with Gasteiger partial charge in [-0.25, -0.2) is 0 Å². The molecule has 3 aliphatic rings. The number of amides is 3. The summed E-state index contributed by atoms with van der Waals surface area (Å²) in [6.07, 6.45) is 6.92. The van der Waals surface area contributed by atoms with Gasteiger partial charge < -0.3 is 21.3 Å². The molecule has 2 saturated heterocycles. The van der Waals surface area contributed by atoms with Gasteiger partial charge in [0.25, 0.3) is 0 Å². The third kappa shape index (κ3) is 4.14. The van der Waals surface area contributed by atoms with Crippen LogP contribution in [0, 0.1) is 11.3 Å². The second-order valence-corrected chi connectivity index (χ2v) is 8.17. The predicted octanol–water partition coefficient (Wildman–Crippen LogP) is 0.220. The molecule has 7 heteroatoms. The molecule has 0 aromatic heterocycles. The van der Waals surface area contributed by atoms with Gasteiger partial charge in [0.15, 0.2) is 0 Å². The fourth-order valence-corrected chi connectivity index (χ4v) is 4.75. The summed E-state index contributed by atoms with van der Waals surface area (Å²) in [6.45, 7) is 2.07. The Morgan fingerprint density at radius 2 is 1.88 bits per heavy atom. The third-order valence-corrected chi connectivity index (χ3v) is 6.29. The number of hydrogen-bond donors (Lipinski definition) is 2. The molecule has 3 amide bonds. The zero-order valence-electron chi connectivity index (χ0n) is 14.9. The molecule has 1 saturated carbocycles. The SMILES string of the molecule is NC(=O)CN1CC2(CCC1=O)CCN(C(=O)[C@H]1CCC[C@@H](N)C1)CC2. The van der Waals surface area contributed by atoms with E-state index in [0.29, 0.717) is 13.0 Å². The highest BCUT2D eigenvalue weighted by atomic mass is 16.2. The van der Waals surface area contributed by atoms with Crippen molar-refractivity contribution in [2.45, 2.75) is 57.4 Å². The maximum Gasteiger partial charge on any atom is 0.237 e. The molecular weight excluding hydrogens is 320 g/mol. The summed E-state index contributed by atoms with van der Waals surface area (Å²) < 4.78 is 0. The fraction of sp³-hybridized carbons (Fsp3) is 0.833. The Balaban J connectivity index is 1.56. The van der Waals surface area contributed by atoms with E-state index >= 15 is 0 Å². The van der Waals surface area contributed by atoms with Gasteiger partial charge in [-0.2, -0.15) is 0 Å². The highest BCUT2D eigenvalue weighted by molar-refractivity contribution is 5.84. The largest absolute Gasteiger partial charge is 0.368 e. The summed E-state index contributed by atoms with van der Waals surface area (Å²) >= 11 is 0. The molecule has 0 bridgehead atoms. The van der Waals surface area contributed by atoms with Crippen LogP contribution in [0.5, 0.6) is 0 Å². The van der Waals surface area contributed by atoms with Crippen molar-refractivity contribution in [3.05, 3.63) is 0 Å². The van der Waals surface area contributed by atoms with Gasteiger partial charge in [-0.1, -0.05) is 6.42 Å². The van der Waals surface area contributed by atoms with E-state index in [4.69, 9.17) is 11.5 Å². The number of likely N-dealkylation sites (tertiary alicyclic amines) is 2. The van der Waals surface area contributed by atoms with Gasteiger partial charge in [0.2, 0.25) is 17.7 Å². The molecule has 0 radical (unpaired) electrons. The van der Waals surface area contributed by atoms with Crippen molar-refractivity contribution in [2.24, 2.45) is 22.8 Å². The Kier molecular flexibility index (Phi) is 5.32. The Labute approximate surface area is 149 Å². The molecule has 2 atom stereocenters. The smallest absolute Gasteiger partial charge is 0.237 e. The van der Waals surface area contributed by atoms with Gasteiger partial charge in [-0.3, -0.25) is 14.4 Å². The molecule has 4 N–H and O–H groups in total. The van der Waals surface area contributed by atoms with Crippen LogP contribution in [0.1, 0.15) is 51.4 Å². The predicted molar refractivity (Wildman–Crippen MR) is 93.2 cm³/mol. The van der Waals surface area contributed by atoms with Gasteiger partial charge >= 0.3 is 0 Å². The molecule has 3 rings (SSSR count). The molecule has 0 unspecified atom stereocenters. The molecule has 140 valence electrons. The van der Waals surface area contributed by atoms with Crippen molar-refractivity contribution in [1.29, 1.82) is 0 Å². The number of hydrogen-bond acceptors (Lipinski definition) is 4. The summed E-state index contributed by atoms with van der Waals surface area (Å²) in [6, 6.07) is 0.158. The van der Waals surface area contributed by atoms with Crippen molar-refractivity contribution >= 4 is 17.7 Å². The van der Waals surface area contributed by atoms with E-state index in [1.165, 1.54) is 0 Å². The zero-order chi connectivity index (χ0) is 18.0. The number of carbonyl (C=O) groups is 3. The molecule has 3 fully saturated rings. The minimum atomic E-state index is -0.466. The van der Waals surface area contributed by atoms with Gasteiger partial charge in [-0.15, -0.1) is 0 Å². The average molecular weight is 350 g/mol. The summed E-state index contributed by atoms with van der Waals surface area (Å²) in [5.74, 6) is -0.117. The van der Waals surface area contributed by atoms with Crippen LogP contribution in [-0.4, -0.2) is 59.7 Å². The lowest BCUT2D eigenvalue weighted by Crippen LogP contribution is -2.54. The molecule has 2 aliphatic heterocycles. The maximum absolute atomic E-state index is 12.8. The van der Waals surface area contributed by atoms with Gasteiger partial charge in [0.05, 0.1) is 6.54 Å². The van der Waals surface area contributed by atoms with Crippen molar-refractivity contribution in [2.75, 3.05) is 26.2 Å². The van der Waals surface area contributed by atoms with Crippen LogP contribution in [0.3, 0.4) is 0 Å². The van der Waals surface area contributed by atoms with Crippen LogP contribution >= 0.6 is 0 Å². The van der Waals surface area contributed by atoms with E-state index in [9.17, 15) is 14.4 Å². The second kappa shape index (κ2) is 7.32. The molecule has 1 spiro atoms. The van der Waals surface area contributed by atoms with Gasteiger partial charge in [0.1, 0.15) is 0 Å². The standard InChI is InChI=1S/C18H30N4O3/c19-14-3-1-2-13(10-14)17(25)21-8-6-18(7-9-21)5-4-16(24)22(12-18)11-15(20)23/h13-14H,1-12,19H2,(H2,20,23)/t13-,14+/m0/s1. The van der Waals surface area contributed by atoms with Crippen LogP contribution in [0.15, 0.2) is 0 Å². The second-order valence-electron chi connectivity index (χ2n) is 8.17. The molecule has 0 aromatic carbocycles. The van der Waals surface area contributed by atoms with Crippen molar-refractivity contribution in [1.82, 2.24) is 9.80 Å². The lowest BCUT2D eigenvalue weighted by molar-refractivity contribution is -0.146. The number of carbonyl (C=O) groups excluding carboxylic acids is 3. The van der Waals surface area contributed by atoms with E-state index in [1.807, 2.05) is 4.90 Å². The molecule has 2 heterocycles. The first-order valence-electron chi connectivity index (χ1n) is 9.49. The lowest BCUT2D eigenvalue weighted by atomic mass is 9.72. The minimum absolute atomic E-state index is 0.00317. The fourth-order valence-electron chi connectivity index (χ4n) is 4.75. The first kappa shape index (κ1) is 18.2. The first-order chi connectivity index (χ1) is 11.9. The van der Waals surface area contributed by atoms with Crippen molar-refractivity contribution in [3.8, 4) is 0 Å². The highest BCUT2D eigenvalue weighted by Gasteiger charge is 2.42. The summed E-state index contributed by atoms with van der Waals surface area (Å²) in [7, 11) is 0. The molecular formula is C18H30N4O3. The number of rotatable bonds is 3. The third-order valence-electron chi connectivity index (χ3n) is 6.29. The number of nitrogens with two attached hydrogens (primary N) is 2. The van der Waals surface area contributed by atoms with Crippen LogP contribution in [0.4, 0.5) is 0 Å². The summed E-state index contributed by atoms with van der Waals surface area (Å²) in [4.78, 5) is 39.6. The minimum Gasteiger partial charge on any atom is -0.368 e. The van der Waals surface area contributed by atoms with Gasteiger partial charge in [-0.05, 0) is 43.9 Å². The monoisotopic (exact) mass is 350 g/mol. The molecule has 7 nitrogen and oxygen atoms in total. The Morgan fingerprint density at radius 3 is 2.52 bits per heavy atom. The Bertz CT molecular complexity index is 542. The van der Waals surface area contributed by atoms with E-state index < -0.39 is 5.91 Å². The molecule has 1 aliphatic carbocycles. The number of piperidine rings is 2. The summed E-state index contributed by atoms with van der Waals surface area (Å²) in [5.41, 5.74) is 11.3. The first-order valence-corrected chi connectivity index (χ1v) is 9.49. The van der Waals surface area contributed by atoms with E-state index in [0.717, 1.165) is 58.0 Å². The quantitative estimate of drug-likeness (QED) is 0.758. The highest BCUT2D eigenvalue weighted by Crippen LogP contribution is 2.40. The van der Waals surface area contributed by atoms with Crippen LogP contribution < -0.4 is 11.5 Å². The topological polar surface area (TPSA) is 110 Å². The van der Waals surface area contributed by atoms with Crippen LogP contribution in [0.25, 0.3) is 0 Å². The Hall–Kier alpha value is -1.63. The lowest BCUT2D eigenvalue weighted by Gasteiger charge is -2.47. The van der Waals surface area contributed by atoms with E-state index in [1.54, 1.807) is 4.90 Å². The number of primary amides is 1. The van der Waals surface area contributed by atoms with Crippen molar-refractivity contribution in [3.63, 3.8) is 0 Å². The molecule has 25 heavy (non-hydrogen) atoms.